The van der Waals surface area contributed by atoms with Crippen molar-refractivity contribution in [3.05, 3.63) is 17.5 Å². The lowest BCUT2D eigenvalue weighted by molar-refractivity contribution is 0.270. The van der Waals surface area contributed by atoms with Crippen LogP contribution in [0, 0.1) is 0 Å². The van der Waals surface area contributed by atoms with E-state index < -0.39 is 0 Å². The summed E-state index contributed by atoms with van der Waals surface area (Å²) in [6, 6.07) is 0.614. The molecule has 1 atom stereocenters. The van der Waals surface area contributed by atoms with Gasteiger partial charge in [0.1, 0.15) is 0 Å². The molecule has 94 valence electrons. The molecular formula is C12H19ClN4. The van der Waals surface area contributed by atoms with Crippen molar-refractivity contribution in [3.8, 4) is 0 Å². The molecule has 17 heavy (non-hydrogen) atoms. The zero-order valence-electron chi connectivity index (χ0n) is 10.4. The predicted molar refractivity (Wildman–Crippen MR) is 70.6 cm³/mol. The van der Waals surface area contributed by atoms with Gasteiger partial charge in [0.05, 0.1) is 0 Å². The van der Waals surface area contributed by atoms with E-state index in [0.717, 1.165) is 18.9 Å². The molecule has 1 fully saturated rings. The zero-order chi connectivity index (χ0) is 12.3. The summed E-state index contributed by atoms with van der Waals surface area (Å²) in [5, 5.41) is 0.482. The smallest absolute Gasteiger partial charge is 0.171 e. The molecule has 1 unspecified atom stereocenters. The summed E-state index contributed by atoms with van der Waals surface area (Å²) in [4.78, 5) is 13.0. The van der Waals surface area contributed by atoms with Crippen molar-refractivity contribution in [2.75, 3.05) is 31.6 Å². The lowest BCUT2D eigenvalue weighted by Gasteiger charge is -2.28. The molecule has 2 rings (SSSR count). The van der Waals surface area contributed by atoms with Crippen molar-refractivity contribution in [1.82, 2.24) is 14.9 Å². The van der Waals surface area contributed by atoms with E-state index in [1.807, 2.05) is 7.05 Å². The quantitative estimate of drug-likeness (QED) is 0.823. The number of likely N-dealkylation sites (tertiary alicyclic amines) is 1. The van der Waals surface area contributed by atoms with Crippen LogP contribution in [0.1, 0.15) is 19.8 Å². The highest BCUT2D eigenvalue weighted by molar-refractivity contribution is 6.31. The lowest BCUT2D eigenvalue weighted by atomic mass is 10.2. The molecule has 0 aromatic carbocycles. The van der Waals surface area contributed by atoms with Gasteiger partial charge < -0.3 is 4.90 Å². The number of rotatable bonds is 4. The lowest BCUT2D eigenvalue weighted by Crippen LogP contribution is -2.39. The molecule has 0 amide bonds. The largest absolute Gasteiger partial charge is 0.356 e. The van der Waals surface area contributed by atoms with Crippen LogP contribution in [-0.4, -0.2) is 47.6 Å². The van der Waals surface area contributed by atoms with Crippen LogP contribution >= 0.6 is 11.6 Å². The molecule has 1 aliphatic rings. The second-order valence-corrected chi connectivity index (χ2v) is 4.83. The van der Waals surface area contributed by atoms with E-state index in [2.05, 4.69) is 26.7 Å². The monoisotopic (exact) mass is 254 g/mol. The van der Waals surface area contributed by atoms with Crippen molar-refractivity contribution >= 4 is 17.4 Å². The minimum Gasteiger partial charge on any atom is -0.356 e. The van der Waals surface area contributed by atoms with Gasteiger partial charge in [-0.05, 0) is 25.9 Å². The minimum absolute atomic E-state index is 0.482. The summed E-state index contributed by atoms with van der Waals surface area (Å²) in [5.74, 6) is 0.775. The first-order valence-electron chi connectivity index (χ1n) is 6.14. The van der Waals surface area contributed by atoms with Gasteiger partial charge in [0, 0.05) is 32.0 Å². The molecule has 1 aromatic rings. The van der Waals surface area contributed by atoms with Crippen molar-refractivity contribution in [2.45, 2.75) is 25.8 Å². The number of nitrogens with zero attached hydrogens (tertiary/aromatic N) is 4. The first-order chi connectivity index (χ1) is 8.22. The third kappa shape index (κ3) is 2.87. The normalized spacial score (nSPS) is 20.8. The summed E-state index contributed by atoms with van der Waals surface area (Å²) in [6.45, 7) is 5.51. The van der Waals surface area contributed by atoms with E-state index in [9.17, 15) is 0 Å². The van der Waals surface area contributed by atoms with E-state index in [4.69, 9.17) is 11.6 Å². The fourth-order valence-corrected chi connectivity index (χ4v) is 2.74. The van der Waals surface area contributed by atoms with Crippen molar-refractivity contribution in [1.29, 1.82) is 0 Å². The van der Waals surface area contributed by atoms with Crippen LogP contribution in [0.5, 0.6) is 0 Å². The van der Waals surface area contributed by atoms with E-state index in [1.165, 1.54) is 19.4 Å². The molecule has 0 radical (unpaired) electrons. The van der Waals surface area contributed by atoms with Crippen molar-refractivity contribution in [2.24, 2.45) is 0 Å². The maximum atomic E-state index is 6.05. The summed E-state index contributed by atoms with van der Waals surface area (Å²) < 4.78 is 0. The number of likely N-dealkylation sites (N-methyl/N-ethyl adjacent to an activating group) is 2. The average Bonchev–Trinajstić information content (AvgIpc) is 2.76. The van der Waals surface area contributed by atoms with Crippen molar-refractivity contribution < 1.29 is 0 Å². The minimum atomic E-state index is 0.482. The van der Waals surface area contributed by atoms with Crippen LogP contribution in [0.15, 0.2) is 12.4 Å². The van der Waals surface area contributed by atoms with Gasteiger partial charge >= 0.3 is 0 Å². The Bertz CT molecular complexity index is 371. The van der Waals surface area contributed by atoms with E-state index in [0.29, 0.717) is 11.2 Å². The molecule has 5 heteroatoms. The third-order valence-corrected chi connectivity index (χ3v) is 3.65. The zero-order valence-corrected chi connectivity index (χ0v) is 11.2. The van der Waals surface area contributed by atoms with Crippen LogP contribution in [0.25, 0.3) is 0 Å². The van der Waals surface area contributed by atoms with Crippen LogP contribution in [0.2, 0.25) is 5.15 Å². The van der Waals surface area contributed by atoms with Crippen LogP contribution in [0.4, 0.5) is 5.82 Å². The molecule has 1 aliphatic heterocycles. The first-order valence-corrected chi connectivity index (χ1v) is 6.52. The number of hydrogen-bond acceptors (Lipinski definition) is 4. The molecular weight excluding hydrogens is 236 g/mol. The molecule has 0 saturated carbocycles. The fourth-order valence-electron chi connectivity index (χ4n) is 2.49. The Labute approximate surface area is 108 Å². The Morgan fingerprint density at radius 2 is 2.24 bits per heavy atom. The highest BCUT2D eigenvalue weighted by atomic mass is 35.5. The Hall–Kier alpha value is -0.870. The van der Waals surface area contributed by atoms with Gasteiger partial charge in [-0.15, -0.1) is 0 Å². The number of hydrogen-bond donors (Lipinski definition) is 0. The van der Waals surface area contributed by atoms with Gasteiger partial charge in [0.15, 0.2) is 11.0 Å². The SMILES string of the molecule is CCN1CCCC1CN(C)c1nccnc1Cl. The summed E-state index contributed by atoms with van der Waals surface area (Å²) in [7, 11) is 2.03. The van der Waals surface area contributed by atoms with E-state index in [1.54, 1.807) is 12.4 Å². The first kappa shape index (κ1) is 12.6. The molecule has 1 saturated heterocycles. The van der Waals surface area contributed by atoms with Gasteiger partial charge in [-0.3, -0.25) is 4.90 Å². The topological polar surface area (TPSA) is 32.3 Å². The molecule has 4 nitrogen and oxygen atoms in total. The highest BCUT2D eigenvalue weighted by Gasteiger charge is 2.24. The second-order valence-electron chi connectivity index (χ2n) is 4.48. The molecule has 1 aromatic heterocycles. The van der Waals surface area contributed by atoms with Gasteiger partial charge in [-0.25, -0.2) is 9.97 Å². The van der Waals surface area contributed by atoms with Gasteiger partial charge in [-0.2, -0.15) is 0 Å². The molecule has 0 N–H and O–H groups in total. The summed E-state index contributed by atoms with van der Waals surface area (Å²) >= 11 is 6.05. The standard InChI is InChI=1S/C12H19ClN4/c1-3-17-8-4-5-10(17)9-16(2)12-11(13)14-6-7-15-12/h6-7,10H,3-5,8-9H2,1-2H3. The summed E-state index contributed by atoms with van der Waals surface area (Å²) in [6.07, 6.45) is 5.86. The Balaban J connectivity index is 2.01. The van der Waals surface area contributed by atoms with Crippen molar-refractivity contribution in [3.63, 3.8) is 0 Å². The number of halogens is 1. The van der Waals surface area contributed by atoms with Crippen LogP contribution in [0.3, 0.4) is 0 Å². The molecule has 0 bridgehead atoms. The Morgan fingerprint density at radius 3 is 2.94 bits per heavy atom. The summed E-state index contributed by atoms with van der Waals surface area (Å²) in [5.41, 5.74) is 0. The van der Waals surface area contributed by atoms with Gasteiger partial charge in [0.2, 0.25) is 0 Å². The number of aromatic nitrogens is 2. The molecule has 2 heterocycles. The maximum Gasteiger partial charge on any atom is 0.171 e. The van der Waals surface area contributed by atoms with Gasteiger partial charge in [-0.1, -0.05) is 18.5 Å². The second kappa shape index (κ2) is 5.65. The van der Waals surface area contributed by atoms with Crippen LogP contribution in [-0.2, 0) is 0 Å². The average molecular weight is 255 g/mol. The van der Waals surface area contributed by atoms with Gasteiger partial charge in [0.25, 0.3) is 0 Å². The Morgan fingerprint density at radius 1 is 1.47 bits per heavy atom. The van der Waals surface area contributed by atoms with Crippen LogP contribution < -0.4 is 4.90 Å². The highest BCUT2D eigenvalue weighted by Crippen LogP contribution is 2.22. The Kier molecular flexibility index (Phi) is 4.18. The third-order valence-electron chi connectivity index (χ3n) is 3.39. The molecule has 0 aliphatic carbocycles. The maximum absolute atomic E-state index is 6.05. The van der Waals surface area contributed by atoms with E-state index >= 15 is 0 Å². The fraction of sp³-hybridized carbons (Fsp3) is 0.667. The predicted octanol–water partition coefficient (Wildman–Crippen LogP) is 2.05. The molecule has 0 spiro atoms. The van der Waals surface area contributed by atoms with E-state index in [-0.39, 0.29) is 0 Å². The number of anilines is 1.